The molecule has 3 rings (SSSR count). The van der Waals surface area contributed by atoms with Crippen LogP contribution < -0.4 is 0 Å². The first kappa shape index (κ1) is 47.1. The van der Waals surface area contributed by atoms with Gasteiger partial charge in [-0.05, 0) is 70.1 Å². The number of ether oxygens (including phenoxy) is 3. The zero-order valence-corrected chi connectivity index (χ0v) is 35.0. The first-order valence-electron chi connectivity index (χ1n) is 20.8. The molecule has 0 aromatic rings. The Morgan fingerprint density at radius 2 is 1.49 bits per heavy atom. The van der Waals surface area contributed by atoms with Crippen molar-refractivity contribution in [3.8, 4) is 0 Å². The molecule has 2 bridgehead atoms. The highest BCUT2D eigenvalue weighted by molar-refractivity contribution is 5.91. The second-order valence-electron chi connectivity index (χ2n) is 17.6. The van der Waals surface area contributed by atoms with Crippen molar-refractivity contribution in [1.82, 2.24) is 0 Å². The first-order valence-corrected chi connectivity index (χ1v) is 20.8. The molecule has 2 saturated heterocycles. The lowest BCUT2D eigenvalue weighted by Crippen LogP contribution is -2.57. The Morgan fingerprint density at radius 3 is 2.13 bits per heavy atom. The minimum atomic E-state index is -2.18. The fourth-order valence-corrected chi connectivity index (χ4v) is 8.60. The van der Waals surface area contributed by atoms with Crippen LogP contribution >= 0.6 is 0 Å². The summed E-state index contributed by atoms with van der Waals surface area (Å²) in [5, 5.41) is 54.9. The quantitative estimate of drug-likeness (QED) is 0.224. The molecule has 0 aromatic carbocycles. The van der Waals surface area contributed by atoms with Gasteiger partial charge in [0.05, 0.1) is 36.6 Å². The summed E-state index contributed by atoms with van der Waals surface area (Å²) in [6, 6.07) is 0. The van der Waals surface area contributed by atoms with Crippen LogP contribution in [0.5, 0.6) is 0 Å². The van der Waals surface area contributed by atoms with Crippen molar-refractivity contribution in [2.75, 3.05) is 0 Å². The molecule has 55 heavy (non-hydrogen) atoms. The molecule has 1 unspecified atom stereocenters. The summed E-state index contributed by atoms with van der Waals surface area (Å²) in [7, 11) is 0. The summed E-state index contributed by atoms with van der Waals surface area (Å²) in [6.45, 7) is 17.1. The van der Waals surface area contributed by atoms with Crippen LogP contribution in [0.25, 0.3) is 0 Å². The molecule has 0 aliphatic carbocycles. The van der Waals surface area contributed by atoms with Crippen molar-refractivity contribution in [1.29, 1.82) is 0 Å². The molecule has 5 N–H and O–H groups in total. The SMILES string of the molecule is CCC1/C=C/C=C/C[C@@H](C)[C@H](O)[C@@](C)(O)C(=O)[C@@H](C)[C@H](O)[C@@H](C)C(=O)[C@@H](C)[C@H](O)[C@@H](C)/C=C/C(=O)O[C@H]2C[C@@]3(CC[C@H](C)[C@H](C[C@@H](C)O)O3)O[C@@H](CC1)[C@H]2C. The van der Waals surface area contributed by atoms with E-state index in [-0.39, 0.29) is 30.0 Å². The molecule has 2 fully saturated rings. The van der Waals surface area contributed by atoms with E-state index >= 15 is 0 Å². The third kappa shape index (κ3) is 12.1. The maximum absolute atomic E-state index is 13.5. The van der Waals surface area contributed by atoms with Gasteiger partial charge in [0.15, 0.2) is 11.6 Å². The number of aliphatic hydroxyl groups is 5. The number of fused-ring (bicyclic) bond motifs is 2. The zero-order chi connectivity index (χ0) is 41.4. The number of hydrogen-bond acceptors (Lipinski definition) is 11. The van der Waals surface area contributed by atoms with Gasteiger partial charge in [-0.15, -0.1) is 0 Å². The number of allylic oxidation sites excluding steroid dienone is 4. The lowest BCUT2D eigenvalue weighted by atomic mass is 9.75. The van der Waals surface area contributed by atoms with Gasteiger partial charge in [0, 0.05) is 48.5 Å². The highest BCUT2D eigenvalue weighted by atomic mass is 16.7. The van der Waals surface area contributed by atoms with Crippen molar-refractivity contribution in [2.45, 2.75) is 175 Å². The van der Waals surface area contributed by atoms with Crippen LogP contribution in [-0.4, -0.2) is 97.2 Å². The molecule has 314 valence electrons. The van der Waals surface area contributed by atoms with Gasteiger partial charge in [0.2, 0.25) is 0 Å². The number of rotatable bonds is 3. The average molecular weight is 777 g/mol. The lowest BCUT2D eigenvalue weighted by Gasteiger charge is -2.52. The van der Waals surface area contributed by atoms with Crippen LogP contribution in [0.4, 0.5) is 0 Å². The highest BCUT2D eigenvalue weighted by Gasteiger charge is 2.51. The Balaban J connectivity index is 1.95. The van der Waals surface area contributed by atoms with Gasteiger partial charge in [-0.3, -0.25) is 9.59 Å². The summed E-state index contributed by atoms with van der Waals surface area (Å²) < 4.78 is 19.7. The molecule has 3 heterocycles. The Kier molecular flexibility index (Phi) is 17.5. The van der Waals surface area contributed by atoms with Gasteiger partial charge in [-0.2, -0.15) is 0 Å². The molecular weight excluding hydrogens is 704 g/mol. The molecule has 1 spiro atoms. The van der Waals surface area contributed by atoms with E-state index in [1.165, 1.54) is 39.8 Å². The number of aliphatic hydroxyl groups excluding tert-OH is 4. The Bertz CT molecular complexity index is 1350. The molecule has 17 atom stereocenters. The van der Waals surface area contributed by atoms with Gasteiger partial charge in [-0.1, -0.05) is 85.8 Å². The number of ketones is 2. The molecule has 0 aromatic heterocycles. The van der Waals surface area contributed by atoms with Gasteiger partial charge in [0.1, 0.15) is 17.5 Å². The monoisotopic (exact) mass is 777 g/mol. The number of hydrogen-bond donors (Lipinski definition) is 5. The second kappa shape index (κ2) is 20.4. The molecule has 0 amide bonds. The fourth-order valence-electron chi connectivity index (χ4n) is 8.60. The van der Waals surface area contributed by atoms with Crippen LogP contribution in [0.1, 0.15) is 121 Å². The predicted molar refractivity (Wildman–Crippen MR) is 210 cm³/mol. The van der Waals surface area contributed by atoms with Crippen LogP contribution in [0.15, 0.2) is 36.5 Å². The van der Waals surface area contributed by atoms with Gasteiger partial charge in [-0.25, -0.2) is 4.79 Å². The third-order valence-electron chi connectivity index (χ3n) is 12.9. The normalized spacial score (nSPS) is 46.1. The lowest BCUT2D eigenvalue weighted by molar-refractivity contribution is -0.347. The molecule has 3 aliphatic rings. The van der Waals surface area contributed by atoms with Crippen LogP contribution in [0, 0.1) is 47.3 Å². The Hall–Kier alpha value is -2.25. The predicted octanol–water partition coefficient (Wildman–Crippen LogP) is 5.64. The van der Waals surface area contributed by atoms with Gasteiger partial charge in [0.25, 0.3) is 0 Å². The number of esters is 1. The van der Waals surface area contributed by atoms with Crippen molar-refractivity contribution >= 4 is 17.5 Å². The minimum absolute atomic E-state index is 0.144. The van der Waals surface area contributed by atoms with E-state index in [1.54, 1.807) is 20.8 Å². The number of Topliss-reactive ketones (excluding diaryl/α,β-unsaturated/α-hetero) is 2. The topological polar surface area (TPSA) is 180 Å². The van der Waals surface area contributed by atoms with Crippen molar-refractivity contribution < 1.29 is 54.1 Å². The van der Waals surface area contributed by atoms with Gasteiger partial charge < -0.3 is 39.7 Å². The fraction of sp³-hybridized carbons (Fsp3) is 0.795. The van der Waals surface area contributed by atoms with Crippen molar-refractivity contribution in [2.24, 2.45) is 47.3 Å². The highest BCUT2D eigenvalue weighted by Crippen LogP contribution is 2.46. The van der Waals surface area contributed by atoms with E-state index in [2.05, 4.69) is 19.9 Å². The van der Waals surface area contributed by atoms with Crippen LogP contribution in [0.2, 0.25) is 0 Å². The summed E-state index contributed by atoms with van der Waals surface area (Å²) >= 11 is 0. The van der Waals surface area contributed by atoms with Gasteiger partial charge >= 0.3 is 5.97 Å². The van der Waals surface area contributed by atoms with Crippen molar-refractivity contribution in [3.05, 3.63) is 36.5 Å². The van der Waals surface area contributed by atoms with E-state index in [0.717, 1.165) is 19.3 Å². The Morgan fingerprint density at radius 1 is 0.836 bits per heavy atom. The smallest absolute Gasteiger partial charge is 0.330 e. The average Bonchev–Trinajstić information content (AvgIpc) is 3.14. The van der Waals surface area contributed by atoms with Crippen LogP contribution in [-0.2, 0) is 28.6 Å². The summed E-state index contributed by atoms with van der Waals surface area (Å²) in [5.74, 6) is -6.86. The van der Waals surface area contributed by atoms with E-state index in [9.17, 15) is 39.9 Å². The van der Waals surface area contributed by atoms with E-state index in [4.69, 9.17) is 14.2 Å². The molecule has 11 nitrogen and oxygen atoms in total. The number of carbonyl (C=O) groups excluding carboxylic acids is 3. The second-order valence-corrected chi connectivity index (χ2v) is 17.6. The third-order valence-corrected chi connectivity index (χ3v) is 12.9. The molecule has 3 aliphatic heterocycles. The van der Waals surface area contributed by atoms with E-state index in [1.807, 2.05) is 25.2 Å². The standard InChI is InChI=1S/C44H72O11/c1-11-33-16-14-12-13-15-27(4)41(50)43(10,52)42(51)32(9)40(49)31(8)39(48)30(7)38(47)26(3)17-20-37(46)53-36-24-44(54-34(19-18-33)29(36)6)22-21-25(2)35(55-44)23-28(5)45/h12-14,16-17,20,25-36,38,40-41,45,47,49-50,52H,11,15,18-19,21-24H2,1-10H3/b13-12+,16-14+,20-17+/t25-,26-,27+,28+,29+,30-,31-,32-,33?,34-,35-,36-,38+,40+,41-,43+,44-/m0/s1. The summed E-state index contributed by atoms with van der Waals surface area (Å²) in [6.07, 6.45) is 10.1. The molecule has 0 radical (unpaired) electrons. The molecule has 0 saturated carbocycles. The maximum Gasteiger partial charge on any atom is 0.330 e. The zero-order valence-electron chi connectivity index (χ0n) is 35.0. The maximum atomic E-state index is 13.5. The van der Waals surface area contributed by atoms with Crippen molar-refractivity contribution in [3.63, 3.8) is 0 Å². The molecular formula is C44H72O11. The van der Waals surface area contributed by atoms with Crippen LogP contribution in [0.3, 0.4) is 0 Å². The number of carbonyl (C=O) groups is 3. The minimum Gasteiger partial charge on any atom is -0.459 e. The molecule has 11 heteroatoms. The Labute approximate surface area is 329 Å². The summed E-state index contributed by atoms with van der Waals surface area (Å²) in [5.41, 5.74) is -2.18. The first-order chi connectivity index (χ1) is 25.6. The van der Waals surface area contributed by atoms with E-state index in [0.29, 0.717) is 32.1 Å². The largest absolute Gasteiger partial charge is 0.459 e. The summed E-state index contributed by atoms with van der Waals surface area (Å²) in [4.78, 5) is 40.3. The van der Waals surface area contributed by atoms with E-state index < -0.39 is 89.0 Å².